The Labute approximate surface area is 167 Å². The maximum atomic E-state index is 13.0. The normalized spacial score (nSPS) is 17.1. The maximum absolute atomic E-state index is 13.0. The lowest BCUT2D eigenvalue weighted by molar-refractivity contribution is -0.148. The molecule has 2 amide bonds. The monoisotopic (exact) mass is 424 g/mol. The molecule has 0 aliphatic carbocycles. The van der Waals surface area contributed by atoms with Crippen LogP contribution in [-0.4, -0.2) is 39.7 Å². The van der Waals surface area contributed by atoms with Gasteiger partial charge in [0.1, 0.15) is 6.04 Å². The van der Waals surface area contributed by atoms with E-state index in [2.05, 4.69) is 4.74 Å². The lowest BCUT2D eigenvalue weighted by Gasteiger charge is -2.18. The number of hydrogen-bond acceptors (Lipinski definition) is 5. The quantitative estimate of drug-likeness (QED) is 0.546. The van der Waals surface area contributed by atoms with Crippen molar-refractivity contribution >= 4 is 35.0 Å². The molecule has 1 saturated heterocycles. The number of nitrogens with zero attached hydrogens (tertiary/aromatic N) is 2. The van der Waals surface area contributed by atoms with Crippen molar-refractivity contribution in [1.82, 2.24) is 9.47 Å². The summed E-state index contributed by atoms with van der Waals surface area (Å²) in [5.74, 6) is -1.41. The van der Waals surface area contributed by atoms with Gasteiger partial charge in [0.2, 0.25) is 0 Å². The molecule has 152 valence electrons. The van der Waals surface area contributed by atoms with Gasteiger partial charge in [0.05, 0.1) is 17.6 Å². The van der Waals surface area contributed by atoms with E-state index in [1.54, 1.807) is 18.3 Å². The smallest absolute Gasteiger partial charge is 0.416 e. The summed E-state index contributed by atoms with van der Waals surface area (Å²) in [6.07, 6.45) is -1.55. The highest BCUT2D eigenvalue weighted by molar-refractivity contribution is 8.18. The van der Waals surface area contributed by atoms with Crippen LogP contribution >= 0.6 is 11.8 Å². The van der Waals surface area contributed by atoms with Crippen LogP contribution in [0.5, 0.6) is 0 Å². The van der Waals surface area contributed by atoms with Crippen LogP contribution in [0.4, 0.5) is 18.0 Å². The van der Waals surface area contributed by atoms with E-state index in [4.69, 9.17) is 0 Å². The first-order valence-corrected chi connectivity index (χ1v) is 9.15. The second-order valence-electron chi connectivity index (χ2n) is 6.10. The van der Waals surface area contributed by atoms with E-state index in [9.17, 15) is 27.6 Å². The summed E-state index contributed by atoms with van der Waals surface area (Å²) in [4.78, 5) is 37.3. The average molecular weight is 424 g/mol. The molecule has 2 heterocycles. The highest BCUT2D eigenvalue weighted by atomic mass is 32.2. The van der Waals surface area contributed by atoms with Crippen molar-refractivity contribution in [2.24, 2.45) is 0 Å². The first-order valence-electron chi connectivity index (χ1n) is 8.33. The third-order valence-corrected chi connectivity index (χ3v) is 5.15. The Morgan fingerprint density at radius 3 is 2.59 bits per heavy atom. The van der Waals surface area contributed by atoms with Gasteiger partial charge in [-0.25, -0.2) is 4.79 Å². The number of esters is 1. The molecule has 2 aromatic rings. The van der Waals surface area contributed by atoms with E-state index >= 15 is 0 Å². The number of carbonyl (C=O) groups excluding carboxylic acids is 3. The molecule has 1 aromatic heterocycles. The van der Waals surface area contributed by atoms with Crippen molar-refractivity contribution in [3.63, 3.8) is 0 Å². The molecule has 0 radical (unpaired) electrons. The molecule has 0 N–H and O–H groups in total. The Balaban J connectivity index is 1.94. The van der Waals surface area contributed by atoms with Crippen LogP contribution in [0.3, 0.4) is 0 Å². The van der Waals surface area contributed by atoms with Gasteiger partial charge >= 0.3 is 12.1 Å². The SMILES string of the molecule is COC(=O)[C@H](C)N1C(=O)S/C(=C/c2cccn2-c2cccc(C(F)(F)F)c2)C1=O. The molecule has 0 bridgehead atoms. The number of rotatable bonds is 4. The van der Waals surface area contributed by atoms with Crippen LogP contribution < -0.4 is 0 Å². The molecule has 10 heteroatoms. The topological polar surface area (TPSA) is 68.6 Å². The maximum Gasteiger partial charge on any atom is 0.416 e. The molecule has 0 unspecified atom stereocenters. The predicted molar refractivity (Wildman–Crippen MR) is 100 cm³/mol. The largest absolute Gasteiger partial charge is 0.467 e. The molecule has 1 atom stereocenters. The number of halogens is 3. The van der Waals surface area contributed by atoms with Crippen molar-refractivity contribution in [3.8, 4) is 5.69 Å². The third-order valence-electron chi connectivity index (χ3n) is 4.26. The van der Waals surface area contributed by atoms with Gasteiger partial charge in [-0.05, 0) is 55.1 Å². The Bertz CT molecular complexity index is 1010. The van der Waals surface area contributed by atoms with E-state index < -0.39 is 34.9 Å². The molecular weight excluding hydrogens is 409 g/mol. The van der Waals surface area contributed by atoms with Gasteiger partial charge in [0.25, 0.3) is 11.1 Å². The molecular formula is C19H15F3N2O4S. The zero-order valence-corrected chi connectivity index (χ0v) is 16.1. The molecule has 1 aliphatic heterocycles. The van der Waals surface area contributed by atoms with Gasteiger partial charge in [-0.15, -0.1) is 0 Å². The fraction of sp³-hybridized carbons (Fsp3) is 0.211. The van der Waals surface area contributed by atoms with E-state index in [1.807, 2.05) is 0 Å². The van der Waals surface area contributed by atoms with E-state index in [0.717, 1.165) is 24.1 Å². The lowest BCUT2D eigenvalue weighted by Crippen LogP contribution is -2.42. The van der Waals surface area contributed by atoms with Crippen LogP contribution in [0.25, 0.3) is 11.8 Å². The van der Waals surface area contributed by atoms with Crippen LogP contribution in [-0.2, 0) is 20.5 Å². The van der Waals surface area contributed by atoms with Gasteiger partial charge < -0.3 is 9.30 Å². The summed E-state index contributed by atoms with van der Waals surface area (Å²) in [6.45, 7) is 1.37. The summed E-state index contributed by atoms with van der Waals surface area (Å²) in [5, 5.41) is -0.628. The number of hydrogen-bond donors (Lipinski definition) is 0. The van der Waals surface area contributed by atoms with Crippen molar-refractivity contribution in [3.05, 3.63) is 58.8 Å². The zero-order chi connectivity index (χ0) is 21.3. The zero-order valence-electron chi connectivity index (χ0n) is 15.3. The van der Waals surface area contributed by atoms with Crippen LogP contribution in [0.15, 0.2) is 47.5 Å². The second kappa shape index (κ2) is 7.78. The number of ether oxygens (including phenoxy) is 1. The Hall–Kier alpha value is -3.01. The van der Waals surface area contributed by atoms with Gasteiger partial charge in [0.15, 0.2) is 0 Å². The Morgan fingerprint density at radius 1 is 1.21 bits per heavy atom. The van der Waals surface area contributed by atoms with Gasteiger partial charge in [-0.1, -0.05) is 6.07 Å². The number of alkyl halides is 3. The number of methoxy groups -OCH3 is 1. The first-order chi connectivity index (χ1) is 13.6. The van der Waals surface area contributed by atoms with Crippen molar-refractivity contribution in [1.29, 1.82) is 0 Å². The molecule has 6 nitrogen and oxygen atoms in total. The third kappa shape index (κ3) is 4.07. The highest BCUT2D eigenvalue weighted by Gasteiger charge is 2.41. The molecule has 1 aliphatic rings. The van der Waals surface area contributed by atoms with Crippen LogP contribution in [0.1, 0.15) is 18.2 Å². The van der Waals surface area contributed by atoms with Gasteiger partial charge in [-0.2, -0.15) is 13.2 Å². The molecule has 1 aromatic carbocycles. The van der Waals surface area contributed by atoms with E-state index in [1.165, 1.54) is 29.7 Å². The minimum Gasteiger partial charge on any atom is -0.467 e. The molecule has 3 rings (SSSR count). The highest BCUT2D eigenvalue weighted by Crippen LogP contribution is 2.35. The molecule has 29 heavy (non-hydrogen) atoms. The summed E-state index contributed by atoms with van der Waals surface area (Å²) in [7, 11) is 1.15. The molecule has 0 saturated carbocycles. The summed E-state index contributed by atoms with van der Waals surface area (Å²) in [5.41, 5.74) is -0.152. The Morgan fingerprint density at radius 2 is 1.93 bits per heavy atom. The number of imide groups is 1. The average Bonchev–Trinajstić information content (AvgIpc) is 3.24. The summed E-state index contributed by atoms with van der Waals surface area (Å²) >= 11 is 0.645. The lowest BCUT2D eigenvalue weighted by atomic mass is 10.2. The second-order valence-corrected chi connectivity index (χ2v) is 7.10. The number of benzene rings is 1. The van der Waals surface area contributed by atoms with Crippen LogP contribution in [0.2, 0.25) is 0 Å². The number of aromatic nitrogens is 1. The minimum absolute atomic E-state index is 0.0534. The van der Waals surface area contributed by atoms with Gasteiger partial charge in [0, 0.05) is 17.6 Å². The van der Waals surface area contributed by atoms with Crippen LogP contribution in [0, 0.1) is 0 Å². The molecule has 0 spiro atoms. The molecule has 1 fully saturated rings. The number of amides is 2. The number of thioether (sulfide) groups is 1. The summed E-state index contributed by atoms with van der Waals surface area (Å²) < 4.78 is 45.0. The van der Waals surface area contributed by atoms with E-state index in [-0.39, 0.29) is 10.6 Å². The standard InChI is InChI=1S/C19H15F3N2O4S/c1-11(17(26)28-2)24-16(25)15(29-18(24)27)10-14-7-4-8-23(14)13-6-3-5-12(9-13)19(20,21)22/h3-11H,1-2H3/b15-10+/t11-/m0/s1. The summed E-state index contributed by atoms with van der Waals surface area (Å²) in [6, 6.07) is 6.85. The van der Waals surface area contributed by atoms with Crippen molar-refractivity contribution < 1.29 is 32.3 Å². The van der Waals surface area contributed by atoms with Crippen molar-refractivity contribution in [2.45, 2.75) is 19.1 Å². The predicted octanol–water partition coefficient (Wildman–Crippen LogP) is 4.09. The number of carbonyl (C=O) groups is 3. The van der Waals surface area contributed by atoms with E-state index in [0.29, 0.717) is 17.5 Å². The Kier molecular flexibility index (Phi) is 5.56. The van der Waals surface area contributed by atoms with Crippen molar-refractivity contribution in [2.75, 3.05) is 7.11 Å². The van der Waals surface area contributed by atoms with Gasteiger partial charge in [-0.3, -0.25) is 14.5 Å². The fourth-order valence-electron chi connectivity index (χ4n) is 2.80. The minimum atomic E-state index is -4.49. The first kappa shape index (κ1) is 20.7. The fourth-order valence-corrected chi connectivity index (χ4v) is 3.70.